The maximum atomic E-state index is 12.7. The second-order valence-corrected chi connectivity index (χ2v) is 6.98. The monoisotopic (exact) mass is 382 g/mol. The standard InChI is InChI=1S/C20H22N4O4/c1-13-10-15(11-19(25)23(13)2)28-14-5-7-24(8-6-14)20(26)17-12-16(21-22-17)18-4-3-9-27-18/h3-4,9-12,14H,5-8H2,1-2H3,(H,21,22). The molecule has 1 fully saturated rings. The van der Waals surface area contributed by atoms with Gasteiger partial charge in [0.1, 0.15) is 17.5 Å². The third-order valence-corrected chi connectivity index (χ3v) is 5.09. The Balaban J connectivity index is 1.36. The average Bonchev–Trinajstić information content (AvgIpc) is 3.37. The number of likely N-dealkylation sites (tertiary alicyclic amines) is 1. The number of ether oxygens (including phenoxy) is 1. The molecule has 0 spiro atoms. The molecule has 1 saturated heterocycles. The summed E-state index contributed by atoms with van der Waals surface area (Å²) in [6, 6.07) is 8.66. The van der Waals surface area contributed by atoms with Crippen molar-refractivity contribution in [2.75, 3.05) is 13.1 Å². The van der Waals surface area contributed by atoms with Gasteiger partial charge in [-0.1, -0.05) is 0 Å². The lowest BCUT2D eigenvalue weighted by Gasteiger charge is -2.31. The van der Waals surface area contributed by atoms with Gasteiger partial charge in [0.2, 0.25) is 0 Å². The number of nitrogens with zero attached hydrogens (tertiary/aromatic N) is 3. The molecule has 0 radical (unpaired) electrons. The number of hydrogen-bond acceptors (Lipinski definition) is 5. The van der Waals surface area contributed by atoms with E-state index in [4.69, 9.17) is 9.15 Å². The van der Waals surface area contributed by atoms with E-state index in [2.05, 4.69) is 10.2 Å². The van der Waals surface area contributed by atoms with Gasteiger partial charge in [-0.2, -0.15) is 5.10 Å². The van der Waals surface area contributed by atoms with Gasteiger partial charge in [-0.25, -0.2) is 0 Å². The minimum Gasteiger partial charge on any atom is -0.490 e. The molecule has 1 N–H and O–H groups in total. The first kappa shape index (κ1) is 18.1. The van der Waals surface area contributed by atoms with Crippen molar-refractivity contribution in [1.29, 1.82) is 0 Å². The molecule has 4 heterocycles. The molecular weight excluding hydrogens is 360 g/mol. The fraction of sp³-hybridized carbons (Fsp3) is 0.350. The topological polar surface area (TPSA) is 93.4 Å². The minimum absolute atomic E-state index is 0.0200. The molecule has 0 unspecified atom stereocenters. The number of rotatable bonds is 4. The summed E-state index contributed by atoms with van der Waals surface area (Å²) in [5.74, 6) is 1.11. The Morgan fingerprint density at radius 3 is 2.75 bits per heavy atom. The molecule has 3 aromatic rings. The zero-order valence-corrected chi connectivity index (χ0v) is 15.8. The SMILES string of the molecule is Cc1cc(OC2CCN(C(=O)c3cc(-c4ccco4)[nH]n3)CC2)cc(=O)n1C. The first-order valence-corrected chi connectivity index (χ1v) is 9.24. The fourth-order valence-corrected chi connectivity index (χ4v) is 3.33. The molecule has 8 nitrogen and oxygen atoms in total. The smallest absolute Gasteiger partial charge is 0.274 e. The summed E-state index contributed by atoms with van der Waals surface area (Å²) in [5.41, 5.74) is 1.80. The lowest BCUT2D eigenvalue weighted by molar-refractivity contribution is 0.0589. The highest BCUT2D eigenvalue weighted by Crippen LogP contribution is 2.22. The summed E-state index contributed by atoms with van der Waals surface area (Å²) in [6.07, 6.45) is 2.96. The van der Waals surface area contributed by atoms with Gasteiger partial charge in [-0.3, -0.25) is 14.7 Å². The van der Waals surface area contributed by atoms with Crippen LogP contribution in [0.1, 0.15) is 29.0 Å². The van der Waals surface area contributed by atoms with E-state index in [1.54, 1.807) is 34.9 Å². The quantitative estimate of drug-likeness (QED) is 0.748. The van der Waals surface area contributed by atoms with E-state index in [9.17, 15) is 9.59 Å². The van der Waals surface area contributed by atoms with Gasteiger partial charge in [0.15, 0.2) is 11.5 Å². The second-order valence-electron chi connectivity index (χ2n) is 6.98. The van der Waals surface area contributed by atoms with Crippen molar-refractivity contribution >= 4 is 5.91 Å². The van der Waals surface area contributed by atoms with Gasteiger partial charge >= 0.3 is 0 Å². The number of furan rings is 1. The predicted octanol–water partition coefficient (Wildman–Crippen LogP) is 2.36. The van der Waals surface area contributed by atoms with Crippen molar-refractivity contribution < 1.29 is 13.9 Å². The van der Waals surface area contributed by atoms with E-state index in [-0.39, 0.29) is 17.6 Å². The second kappa shape index (κ2) is 7.38. The lowest BCUT2D eigenvalue weighted by atomic mass is 10.1. The van der Waals surface area contributed by atoms with E-state index in [1.807, 2.05) is 19.1 Å². The Labute approximate surface area is 161 Å². The Bertz CT molecular complexity index is 1030. The van der Waals surface area contributed by atoms with Crippen molar-refractivity contribution in [3.63, 3.8) is 0 Å². The fourth-order valence-electron chi connectivity index (χ4n) is 3.33. The molecule has 3 aromatic heterocycles. The van der Waals surface area contributed by atoms with Crippen LogP contribution in [0, 0.1) is 6.92 Å². The van der Waals surface area contributed by atoms with Crippen molar-refractivity contribution in [2.45, 2.75) is 25.9 Å². The molecule has 4 rings (SSSR count). The molecule has 8 heteroatoms. The van der Waals surface area contributed by atoms with Gasteiger partial charge in [0.05, 0.1) is 6.26 Å². The van der Waals surface area contributed by atoms with E-state index in [0.29, 0.717) is 48.8 Å². The third-order valence-electron chi connectivity index (χ3n) is 5.09. The van der Waals surface area contributed by atoms with Crippen LogP contribution in [0.25, 0.3) is 11.5 Å². The number of carbonyl (C=O) groups is 1. The van der Waals surface area contributed by atoms with Crippen LogP contribution in [0.3, 0.4) is 0 Å². The van der Waals surface area contributed by atoms with Crippen LogP contribution in [-0.2, 0) is 7.05 Å². The first-order chi connectivity index (χ1) is 13.5. The van der Waals surface area contributed by atoms with Crippen LogP contribution >= 0.6 is 0 Å². The Morgan fingerprint density at radius 2 is 2.07 bits per heavy atom. The molecule has 1 aliphatic rings. The highest BCUT2D eigenvalue weighted by atomic mass is 16.5. The van der Waals surface area contributed by atoms with Crippen molar-refractivity contribution in [3.8, 4) is 17.2 Å². The lowest BCUT2D eigenvalue weighted by Crippen LogP contribution is -2.42. The van der Waals surface area contributed by atoms with Gasteiger partial charge in [-0.05, 0) is 25.1 Å². The molecule has 28 heavy (non-hydrogen) atoms. The molecule has 1 aliphatic heterocycles. The highest BCUT2D eigenvalue weighted by molar-refractivity contribution is 5.93. The number of pyridine rings is 1. The summed E-state index contributed by atoms with van der Waals surface area (Å²) in [4.78, 5) is 26.4. The molecule has 1 amide bonds. The Hall–Kier alpha value is -3.29. The molecule has 0 aromatic carbocycles. The van der Waals surface area contributed by atoms with Gasteiger partial charge in [0, 0.05) is 50.8 Å². The normalized spacial score (nSPS) is 15.0. The number of hydrogen-bond donors (Lipinski definition) is 1. The van der Waals surface area contributed by atoms with Gasteiger partial charge in [-0.15, -0.1) is 0 Å². The van der Waals surface area contributed by atoms with Crippen LogP contribution < -0.4 is 10.3 Å². The minimum atomic E-state index is -0.114. The van der Waals surface area contributed by atoms with Gasteiger partial charge in [0.25, 0.3) is 11.5 Å². The molecule has 0 saturated carbocycles. The van der Waals surface area contributed by atoms with Crippen molar-refractivity contribution in [1.82, 2.24) is 19.7 Å². The maximum absolute atomic E-state index is 12.7. The van der Waals surface area contributed by atoms with Crippen LogP contribution in [0.5, 0.6) is 5.75 Å². The number of aryl methyl sites for hydroxylation is 1. The largest absolute Gasteiger partial charge is 0.490 e. The van der Waals surface area contributed by atoms with Crippen molar-refractivity contribution in [3.05, 3.63) is 58.3 Å². The zero-order valence-electron chi connectivity index (χ0n) is 15.8. The Kier molecular flexibility index (Phi) is 4.77. The van der Waals surface area contributed by atoms with E-state index < -0.39 is 0 Å². The zero-order chi connectivity index (χ0) is 19.7. The summed E-state index contributed by atoms with van der Waals surface area (Å²) in [7, 11) is 1.73. The summed E-state index contributed by atoms with van der Waals surface area (Å²) < 4.78 is 12.9. The van der Waals surface area contributed by atoms with E-state index in [0.717, 1.165) is 5.69 Å². The summed E-state index contributed by atoms with van der Waals surface area (Å²) in [5, 5.41) is 6.95. The number of amides is 1. The molecule has 0 aliphatic carbocycles. The number of aromatic amines is 1. The average molecular weight is 382 g/mol. The molecule has 0 atom stereocenters. The van der Waals surface area contributed by atoms with E-state index >= 15 is 0 Å². The van der Waals surface area contributed by atoms with Crippen LogP contribution in [0.15, 0.2) is 45.8 Å². The molecule has 0 bridgehead atoms. The van der Waals surface area contributed by atoms with Crippen LogP contribution in [0.2, 0.25) is 0 Å². The first-order valence-electron chi connectivity index (χ1n) is 9.24. The highest BCUT2D eigenvalue weighted by Gasteiger charge is 2.26. The number of H-pyrrole nitrogens is 1. The predicted molar refractivity (Wildman–Crippen MR) is 102 cm³/mol. The summed E-state index contributed by atoms with van der Waals surface area (Å²) >= 11 is 0. The number of nitrogens with one attached hydrogen (secondary N) is 1. The van der Waals surface area contributed by atoms with Crippen molar-refractivity contribution in [2.24, 2.45) is 7.05 Å². The Morgan fingerprint density at radius 1 is 1.29 bits per heavy atom. The molecule has 146 valence electrons. The molecular formula is C20H22N4O4. The number of carbonyl (C=O) groups excluding carboxylic acids is 1. The third kappa shape index (κ3) is 3.58. The maximum Gasteiger partial charge on any atom is 0.274 e. The van der Waals surface area contributed by atoms with Crippen LogP contribution in [-0.4, -0.2) is 44.8 Å². The van der Waals surface area contributed by atoms with Crippen LogP contribution in [0.4, 0.5) is 0 Å². The number of aromatic nitrogens is 3. The van der Waals surface area contributed by atoms with E-state index in [1.165, 1.54) is 6.07 Å². The van der Waals surface area contributed by atoms with Gasteiger partial charge < -0.3 is 18.6 Å². The summed E-state index contributed by atoms with van der Waals surface area (Å²) in [6.45, 7) is 3.03. The number of piperidine rings is 1.